The number of aryl methyl sites for hydroxylation is 1. The molecule has 1 aromatic rings. The molecular weight excluding hydrogens is 292 g/mol. The molecule has 0 unspecified atom stereocenters. The number of nitrogens with one attached hydrogen (secondary N) is 1. The molecular formula is C13H23BrN4. The lowest BCUT2D eigenvalue weighted by Crippen LogP contribution is -2.16. The van der Waals surface area contributed by atoms with Gasteiger partial charge in [-0.1, -0.05) is 20.3 Å². The second-order valence-electron chi connectivity index (χ2n) is 4.66. The standard InChI is InChI=1S/C13H23BrN4/c1-5-7-10-12(14)13(15-8-6-2)17-11(16-10)9-18(3)4/h5-9H2,1-4H3,(H,15,16,17). The minimum atomic E-state index is 0.769. The van der Waals surface area contributed by atoms with E-state index in [9.17, 15) is 0 Å². The van der Waals surface area contributed by atoms with Crippen molar-refractivity contribution >= 4 is 21.7 Å². The first-order valence-electron chi connectivity index (χ1n) is 6.52. The topological polar surface area (TPSA) is 41.1 Å². The molecule has 0 aliphatic carbocycles. The first-order valence-corrected chi connectivity index (χ1v) is 7.31. The molecule has 0 fully saturated rings. The van der Waals surface area contributed by atoms with Crippen LogP contribution in [0, 0.1) is 0 Å². The molecule has 0 atom stereocenters. The van der Waals surface area contributed by atoms with Gasteiger partial charge < -0.3 is 10.2 Å². The van der Waals surface area contributed by atoms with Crippen LogP contribution in [0.5, 0.6) is 0 Å². The summed E-state index contributed by atoms with van der Waals surface area (Å²) in [5.74, 6) is 1.80. The molecule has 4 nitrogen and oxygen atoms in total. The van der Waals surface area contributed by atoms with Gasteiger partial charge in [0.15, 0.2) is 0 Å². The van der Waals surface area contributed by atoms with Crippen LogP contribution in [-0.2, 0) is 13.0 Å². The molecule has 0 amide bonds. The summed E-state index contributed by atoms with van der Waals surface area (Å²) in [5.41, 5.74) is 1.10. The maximum Gasteiger partial charge on any atom is 0.145 e. The lowest BCUT2D eigenvalue weighted by molar-refractivity contribution is 0.389. The predicted octanol–water partition coefficient (Wildman–Crippen LogP) is 3.08. The molecule has 0 saturated carbocycles. The Morgan fingerprint density at radius 2 is 1.89 bits per heavy atom. The Kier molecular flexibility index (Phi) is 6.57. The molecule has 0 spiro atoms. The molecule has 0 bridgehead atoms. The van der Waals surface area contributed by atoms with Crippen LogP contribution in [0.4, 0.5) is 5.82 Å². The van der Waals surface area contributed by atoms with Crippen molar-refractivity contribution in [1.82, 2.24) is 14.9 Å². The van der Waals surface area contributed by atoms with E-state index in [1.54, 1.807) is 0 Å². The Hall–Kier alpha value is -0.680. The molecule has 0 aliphatic heterocycles. The van der Waals surface area contributed by atoms with Gasteiger partial charge in [0.05, 0.1) is 16.7 Å². The fourth-order valence-electron chi connectivity index (χ4n) is 1.66. The zero-order valence-corrected chi connectivity index (χ0v) is 13.3. The van der Waals surface area contributed by atoms with Crippen molar-refractivity contribution in [1.29, 1.82) is 0 Å². The van der Waals surface area contributed by atoms with E-state index in [2.05, 4.69) is 50.0 Å². The third-order valence-corrected chi connectivity index (χ3v) is 3.29. The van der Waals surface area contributed by atoms with Crippen LogP contribution in [0.2, 0.25) is 0 Å². The van der Waals surface area contributed by atoms with Crippen LogP contribution in [0.25, 0.3) is 0 Å². The second kappa shape index (κ2) is 7.69. The highest BCUT2D eigenvalue weighted by Gasteiger charge is 2.11. The first-order chi connectivity index (χ1) is 8.58. The van der Waals surface area contributed by atoms with Crippen LogP contribution in [-0.4, -0.2) is 35.5 Å². The van der Waals surface area contributed by atoms with Crippen molar-refractivity contribution in [2.75, 3.05) is 26.0 Å². The van der Waals surface area contributed by atoms with Crippen molar-refractivity contribution in [2.45, 2.75) is 39.7 Å². The van der Waals surface area contributed by atoms with E-state index in [1.807, 2.05) is 14.1 Å². The number of aromatic nitrogens is 2. The maximum absolute atomic E-state index is 4.63. The largest absolute Gasteiger partial charge is 0.369 e. The smallest absolute Gasteiger partial charge is 0.145 e. The SMILES string of the molecule is CCCNc1nc(CN(C)C)nc(CCC)c1Br. The Bertz CT molecular complexity index is 379. The highest BCUT2D eigenvalue weighted by Crippen LogP contribution is 2.25. The van der Waals surface area contributed by atoms with E-state index in [0.717, 1.165) is 54.2 Å². The van der Waals surface area contributed by atoms with Crippen molar-refractivity contribution in [3.05, 3.63) is 16.0 Å². The van der Waals surface area contributed by atoms with Crippen LogP contribution in [0.15, 0.2) is 4.47 Å². The maximum atomic E-state index is 4.63. The van der Waals surface area contributed by atoms with E-state index in [0.29, 0.717) is 0 Å². The average Bonchev–Trinajstić information content (AvgIpc) is 2.31. The van der Waals surface area contributed by atoms with Crippen molar-refractivity contribution in [3.63, 3.8) is 0 Å². The highest BCUT2D eigenvalue weighted by atomic mass is 79.9. The summed E-state index contributed by atoms with van der Waals surface area (Å²) in [4.78, 5) is 11.3. The molecule has 1 heterocycles. The zero-order chi connectivity index (χ0) is 13.5. The van der Waals surface area contributed by atoms with Crippen molar-refractivity contribution < 1.29 is 0 Å². The quantitative estimate of drug-likeness (QED) is 0.839. The van der Waals surface area contributed by atoms with Gasteiger partial charge in [-0.3, -0.25) is 0 Å². The Morgan fingerprint density at radius 1 is 1.17 bits per heavy atom. The Morgan fingerprint density at radius 3 is 2.44 bits per heavy atom. The van der Waals surface area contributed by atoms with Gasteiger partial charge in [-0.05, 0) is 42.9 Å². The molecule has 1 N–H and O–H groups in total. The van der Waals surface area contributed by atoms with Gasteiger partial charge >= 0.3 is 0 Å². The van der Waals surface area contributed by atoms with Crippen LogP contribution in [0.1, 0.15) is 38.2 Å². The van der Waals surface area contributed by atoms with Crippen molar-refractivity contribution in [2.24, 2.45) is 0 Å². The number of nitrogens with zero attached hydrogens (tertiary/aromatic N) is 3. The Labute approximate surface area is 118 Å². The van der Waals surface area contributed by atoms with Crippen molar-refractivity contribution in [3.8, 4) is 0 Å². The summed E-state index contributed by atoms with van der Waals surface area (Å²) in [5, 5.41) is 3.36. The van der Waals surface area contributed by atoms with Gasteiger partial charge in [0.1, 0.15) is 11.6 Å². The van der Waals surface area contributed by atoms with E-state index in [4.69, 9.17) is 0 Å². The molecule has 0 saturated heterocycles. The third-order valence-electron chi connectivity index (χ3n) is 2.45. The Balaban J connectivity index is 3.01. The lowest BCUT2D eigenvalue weighted by atomic mass is 10.2. The monoisotopic (exact) mass is 314 g/mol. The minimum absolute atomic E-state index is 0.769. The number of hydrogen-bond acceptors (Lipinski definition) is 4. The molecule has 18 heavy (non-hydrogen) atoms. The third kappa shape index (κ3) is 4.53. The number of anilines is 1. The first kappa shape index (κ1) is 15.4. The number of hydrogen-bond donors (Lipinski definition) is 1. The van der Waals surface area contributed by atoms with E-state index >= 15 is 0 Å². The molecule has 102 valence electrons. The predicted molar refractivity (Wildman–Crippen MR) is 79.9 cm³/mol. The zero-order valence-electron chi connectivity index (χ0n) is 11.8. The molecule has 1 aromatic heterocycles. The van der Waals surface area contributed by atoms with Gasteiger partial charge in [0.25, 0.3) is 0 Å². The van der Waals surface area contributed by atoms with Crippen LogP contribution in [0.3, 0.4) is 0 Å². The van der Waals surface area contributed by atoms with Gasteiger partial charge in [0.2, 0.25) is 0 Å². The summed E-state index contributed by atoms with van der Waals surface area (Å²) in [6.45, 7) is 6.02. The lowest BCUT2D eigenvalue weighted by Gasteiger charge is -2.14. The fourth-order valence-corrected chi connectivity index (χ4v) is 2.18. The van der Waals surface area contributed by atoms with E-state index < -0.39 is 0 Å². The van der Waals surface area contributed by atoms with Gasteiger partial charge in [-0.15, -0.1) is 0 Å². The minimum Gasteiger partial charge on any atom is -0.369 e. The summed E-state index contributed by atoms with van der Waals surface area (Å²) < 4.78 is 1.01. The molecule has 1 rings (SSSR count). The summed E-state index contributed by atoms with van der Waals surface area (Å²) in [6, 6.07) is 0. The fraction of sp³-hybridized carbons (Fsp3) is 0.692. The molecule has 0 aliphatic rings. The van der Waals surface area contributed by atoms with Crippen LogP contribution < -0.4 is 5.32 Å². The van der Waals surface area contributed by atoms with E-state index in [-0.39, 0.29) is 0 Å². The van der Waals surface area contributed by atoms with E-state index in [1.165, 1.54) is 0 Å². The average molecular weight is 315 g/mol. The van der Waals surface area contributed by atoms with Gasteiger partial charge in [-0.2, -0.15) is 0 Å². The summed E-state index contributed by atoms with van der Waals surface area (Å²) in [7, 11) is 4.06. The molecule has 5 heteroatoms. The molecule has 0 radical (unpaired) electrons. The highest BCUT2D eigenvalue weighted by molar-refractivity contribution is 9.10. The number of rotatable bonds is 7. The van der Waals surface area contributed by atoms with Gasteiger partial charge in [-0.25, -0.2) is 9.97 Å². The van der Waals surface area contributed by atoms with Crippen LogP contribution >= 0.6 is 15.9 Å². The second-order valence-corrected chi connectivity index (χ2v) is 5.46. The summed E-state index contributed by atoms with van der Waals surface area (Å²) in [6.07, 6.45) is 3.15. The normalized spacial score (nSPS) is 11.0. The number of halogens is 1. The summed E-state index contributed by atoms with van der Waals surface area (Å²) >= 11 is 3.61. The molecule has 0 aromatic carbocycles. The van der Waals surface area contributed by atoms with Gasteiger partial charge in [0, 0.05) is 6.54 Å².